The van der Waals surface area contributed by atoms with Crippen LogP contribution in [-0.2, 0) is 12.1 Å². The van der Waals surface area contributed by atoms with Gasteiger partial charge in [-0.1, -0.05) is 48.0 Å². The first-order valence-electron chi connectivity index (χ1n) is 8.84. The lowest BCUT2D eigenvalue weighted by molar-refractivity contribution is -0.0616. The predicted molar refractivity (Wildman–Crippen MR) is 93.1 cm³/mol. The molecule has 126 valence electrons. The highest BCUT2D eigenvalue weighted by atomic mass is 19.1. The summed E-state index contributed by atoms with van der Waals surface area (Å²) in [4.78, 5) is 2.51. The van der Waals surface area contributed by atoms with Gasteiger partial charge in [-0.15, -0.1) is 0 Å². The Hall–Kier alpha value is -1.71. The van der Waals surface area contributed by atoms with Crippen LogP contribution in [0.2, 0.25) is 0 Å². The van der Waals surface area contributed by atoms with E-state index in [0.29, 0.717) is 30.5 Å². The van der Waals surface area contributed by atoms with Crippen molar-refractivity contribution in [3.63, 3.8) is 0 Å². The fourth-order valence-electron chi connectivity index (χ4n) is 4.58. The van der Waals surface area contributed by atoms with Crippen molar-refractivity contribution in [3.05, 3.63) is 71.0 Å². The van der Waals surface area contributed by atoms with Gasteiger partial charge in [0, 0.05) is 24.2 Å². The Morgan fingerprint density at radius 2 is 1.75 bits per heavy atom. The molecule has 0 aliphatic carbocycles. The fraction of sp³-hybridized carbons (Fsp3) is 0.429. The maximum Gasteiger partial charge on any atom is 0.129 e. The summed E-state index contributed by atoms with van der Waals surface area (Å²) in [5.74, 6) is -0.279. The maximum atomic E-state index is 14.3. The van der Waals surface area contributed by atoms with Crippen molar-refractivity contribution in [2.75, 3.05) is 0 Å². The number of hydrogen-bond acceptors (Lipinski definition) is 2. The predicted octanol–water partition coefficient (Wildman–Crippen LogP) is 4.15. The zero-order valence-corrected chi connectivity index (χ0v) is 14.1. The molecule has 2 aromatic carbocycles. The van der Waals surface area contributed by atoms with Gasteiger partial charge in [0.25, 0.3) is 0 Å². The molecule has 2 unspecified atom stereocenters. The van der Waals surface area contributed by atoms with Crippen LogP contribution in [0.1, 0.15) is 42.4 Å². The first-order chi connectivity index (χ1) is 11.5. The van der Waals surface area contributed by atoms with E-state index in [-0.39, 0.29) is 5.82 Å². The minimum absolute atomic E-state index is 0.279. The summed E-state index contributed by atoms with van der Waals surface area (Å²) < 4.78 is 14.3. The monoisotopic (exact) mass is 325 g/mol. The molecule has 4 rings (SSSR count). The number of rotatable bonds is 3. The molecule has 0 amide bonds. The summed E-state index contributed by atoms with van der Waals surface area (Å²) in [5.41, 5.74) is 1.76. The molecule has 1 N–H and O–H groups in total. The zero-order chi connectivity index (χ0) is 16.7. The van der Waals surface area contributed by atoms with E-state index in [4.69, 9.17) is 0 Å². The van der Waals surface area contributed by atoms with Crippen molar-refractivity contribution < 1.29 is 9.50 Å². The van der Waals surface area contributed by atoms with Crippen LogP contribution in [0.4, 0.5) is 4.39 Å². The Kier molecular flexibility index (Phi) is 3.93. The number of hydrogen-bond donors (Lipinski definition) is 1. The van der Waals surface area contributed by atoms with E-state index in [1.807, 2.05) is 19.1 Å². The van der Waals surface area contributed by atoms with E-state index in [1.165, 1.54) is 11.6 Å². The van der Waals surface area contributed by atoms with Gasteiger partial charge in [-0.25, -0.2) is 4.39 Å². The van der Waals surface area contributed by atoms with E-state index in [0.717, 1.165) is 24.9 Å². The van der Waals surface area contributed by atoms with E-state index in [9.17, 15) is 9.50 Å². The molecule has 2 heterocycles. The van der Waals surface area contributed by atoms with E-state index >= 15 is 0 Å². The zero-order valence-electron chi connectivity index (χ0n) is 14.1. The van der Waals surface area contributed by atoms with Crippen molar-refractivity contribution in [2.24, 2.45) is 0 Å². The van der Waals surface area contributed by atoms with Crippen molar-refractivity contribution in [1.82, 2.24) is 4.90 Å². The maximum absolute atomic E-state index is 14.3. The Balaban J connectivity index is 1.58. The summed E-state index contributed by atoms with van der Waals surface area (Å²) in [6.45, 7) is 2.87. The number of halogens is 1. The smallest absolute Gasteiger partial charge is 0.129 e. The highest BCUT2D eigenvalue weighted by molar-refractivity contribution is 5.31. The van der Waals surface area contributed by atoms with Crippen molar-refractivity contribution in [3.8, 4) is 0 Å². The molecule has 3 heteroatoms. The molecule has 2 nitrogen and oxygen atoms in total. The van der Waals surface area contributed by atoms with Crippen molar-refractivity contribution >= 4 is 0 Å². The molecule has 2 atom stereocenters. The van der Waals surface area contributed by atoms with Crippen LogP contribution in [0, 0.1) is 12.7 Å². The van der Waals surface area contributed by atoms with E-state index in [2.05, 4.69) is 29.2 Å². The van der Waals surface area contributed by atoms with Gasteiger partial charge in [0.2, 0.25) is 0 Å². The number of benzene rings is 2. The largest absolute Gasteiger partial charge is 0.385 e. The van der Waals surface area contributed by atoms with E-state index < -0.39 is 5.60 Å². The second kappa shape index (κ2) is 5.98. The van der Waals surface area contributed by atoms with Crippen LogP contribution < -0.4 is 0 Å². The first kappa shape index (κ1) is 15.8. The topological polar surface area (TPSA) is 23.5 Å². The molecular formula is C21H24FNO. The average molecular weight is 325 g/mol. The normalized spacial score (nSPS) is 29.8. The Morgan fingerprint density at radius 1 is 1.08 bits per heavy atom. The molecule has 2 aromatic rings. The number of aryl methyl sites for hydroxylation is 1. The van der Waals surface area contributed by atoms with Crippen molar-refractivity contribution in [1.29, 1.82) is 0 Å². The molecule has 0 aromatic heterocycles. The highest BCUT2D eigenvalue weighted by Crippen LogP contribution is 2.46. The van der Waals surface area contributed by atoms with Crippen LogP contribution >= 0.6 is 0 Å². The Labute approximate surface area is 142 Å². The molecule has 2 saturated heterocycles. The lowest BCUT2D eigenvalue weighted by Crippen LogP contribution is -2.49. The highest BCUT2D eigenvalue weighted by Gasteiger charge is 2.48. The third-order valence-corrected chi connectivity index (χ3v) is 5.75. The summed E-state index contributed by atoms with van der Waals surface area (Å²) in [6.07, 6.45) is 3.42. The molecule has 2 bridgehead atoms. The fourth-order valence-corrected chi connectivity index (χ4v) is 4.58. The van der Waals surface area contributed by atoms with Crippen LogP contribution in [0.5, 0.6) is 0 Å². The number of aliphatic hydroxyl groups is 1. The number of piperidine rings is 1. The van der Waals surface area contributed by atoms with E-state index in [1.54, 1.807) is 6.07 Å². The molecule has 24 heavy (non-hydrogen) atoms. The lowest BCUT2D eigenvalue weighted by Gasteiger charge is -2.44. The molecule has 0 radical (unpaired) electrons. The van der Waals surface area contributed by atoms with Crippen molar-refractivity contribution in [2.45, 2.75) is 56.8 Å². The third kappa shape index (κ3) is 2.76. The quantitative estimate of drug-likeness (QED) is 0.916. The van der Waals surface area contributed by atoms with Crippen LogP contribution in [0.15, 0.2) is 48.5 Å². The van der Waals surface area contributed by atoms with Crippen LogP contribution in [0.3, 0.4) is 0 Å². The van der Waals surface area contributed by atoms with Crippen LogP contribution in [0.25, 0.3) is 0 Å². The second-order valence-corrected chi connectivity index (χ2v) is 7.47. The first-order valence-corrected chi connectivity index (χ1v) is 8.84. The minimum Gasteiger partial charge on any atom is -0.385 e. The van der Waals surface area contributed by atoms with Gasteiger partial charge >= 0.3 is 0 Å². The Morgan fingerprint density at radius 3 is 2.42 bits per heavy atom. The molecule has 2 fully saturated rings. The lowest BCUT2D eigenvalue weighted by atomic mass is 9.79. The molecule has 0 saturated carbocycles. The SMILES string of the molecule is Cc1ccc(F)c(C2(O)CC3CCC(C2)N3Cc2ccccc2)c1. The summed E-state index contributed by atoms with van der Waals surface area (Å²) in [5, 5.41) is 11.2. The summed E-state index contributed by atoms with van der Waals surface area (Å²) in [7, 11) is 0. The van der Waals surface area contributed by atoms with Gasteiger partial charge in [-0.05, 0) is 44.2 Å². The Bertz CT molecular complexity index is 716. The van der Waals surface area contributed by atoms with Gasteiger partial charge in [-0.3, -0.25) is 4.90 Å². The molecule has 0 spiro atoms. The van der Waals surface area contributed by atoms with Crippen LogP contribution in [-0.4, -0.2) is 22.1 Å². The number of fused-ring (bicyclic) bond motifs is 2. The van der Waals surface area contributed by atoms with Gasteiger partial charge < -0.3 is 5.11 Å². The number of nitrogens with zero attached hydrogens (tertiary/aromatic N) is 1. The third-order valence-electron chi connectivity index (χ3n) is 5.75. The summed E-state index contributed by atoms with van der Waals surface area (Å²) in [6, 6.07) is 16.2. The van der Waals surface area contributed by atoms with Gasteiger partial charge in [0.15, 0.2) is 0 Å². The second-order valence-electron chi connectivity index (χ2n) is 7.47. The standard InChI is InChI=1S/C21H24FNO/c1-15-7-10-20(22)19(11-15)21(24)12-17-8-9-18(13-21)23(17)14-16-5-3-2-4-6-16/h2-7,10-11,17-18,24H,8-9,12-14H2,1H3. The average Bonchev–Trinajstić information content (AvgIpc) is 2.82. The van der Waals surface area contributed by atoms with Gasteiger partial charge in [0.1, 0.15) is 5.82 Å². The molecule has 2 aliphatic rings. The molecule has 2 aliphatic heterocycles. The van der Waals surface area contributed by atoms with Gasteiger partial charge in [0.05, 0.1) is 5.60 Å². The minimum atomic E-state index is -1.03. The molecular weight excluding hydrogens is 301 g/mol. The summed E-state index contributed by atoms with van der Waals surface area (Å²) >= 11 is 0. The van der Waals surface area contributed by atoms with Gasteiger partial charge in [-0.2, -0.15) is 0 Å².